The van der Waals surface area contributed by atoms with Crippen molar-refractivity contribution in [3.8, 4) is 17.2 Å². The van der Waals surface area contributed by atoms with Crippen molar-refractivity contribution in [1.82, 2.24) is 4.57 Å². The zero-order chi connectivity index (χ0) is 23.5. The van der Waals surface area contributed by atoms with Crippen LogP contribution >= 0.6 is 0 Å². The number of aromatic nitrogens is 1. The molecule has 0 bridgehead atoms. The van der Waals surface area contributed by atoms with Crippen LogP contribution in [0.25, 0.3) is 10.9 Å². The molecule has 0 saturated heterocycles. The summed E-state index contributed by atoms with van der Waals surface area (Å²) in [5.74, 6) is 1.47. The van der Waals surface area contributed by atoms with Gasteiger partial charge in [-0.15, -0.1) is 0 Å². The number of hydrogen-bond acceptors (Lipinski definition) is 4. The Morgan fingerprint density at radius 2 is 1.78 bits per heavy atom. The Labute approximate surface area is 192 Å². The molecular weight excluding hydrogens is 402 g/mol. The van der Waals surface area contributed by atoms with E-state index in [-0.39, 0.29) is 11.3 Å². The molecule has 0 N–H and O–H groups in total. The van der Waals surface area contributed by atoms with Gasteiger partial charge in [0, 0.05) is 18.0 Å². The maximum atomic E-state index is 13.3. The smallest absolute Gasteiger partial charge is 0.297 e. The number of methoxy groups -OCH3 is 2. The van der Waals surface area contributed by atoms with E-state index < -0.39 is 0 Å². The van der Waals surface area contributed by atoms with Crippen LogP contribution in [0, 0.1) is 0 Å². The van der Waals surface area contributed by atoms with Crippen molar-refractivity contribution in [2.24, 2.45) is 0 Å². The second-order valence-electron chi connectivity index (χ2n) is 8.44. The third kappa shape index (κ3) is 6.91. The maximum Gasteiger partial charge on any atom is 0.297 e. The summed E-state index contributed by atoms with van der Waals surface area (Å²) >= 11 is 0. The summed E-state index contributed by atoms with van der Waals surface area (Å²) in [5, 5.41) is 0.855. The van der Waals surface area contributed by atoms with Gasteiger partial charge in [-0.3, -0.25) is 4.79 Å². The zero-order valence-corrected chi connectivity index (χ0v) is 20.6. The van der Waals surface area contributed by atoms with E-state index in [0.29, 0.717) is 24.7 Å². The first-order chi connectivity index (χ1) is 15.4. The fourth-order valence-electron chi connectivity index (χ4n) is 3.70. The predicted octanol–water partition coefficient (Wildman–Crippen LogP) is 6.67. The van der Waals surface area contributed by atoms with Crippen LogP contribution in [0.2, 0.25) is 0 Å². The second kappa shape index (κ2) is 13.0. The molecule has 2 rings (SSSR count). The van der Waals surface area contributed by atoms with Crippen LogP contribution in [0.1, 0.15) is 66.2 Å². The molecule has 0 spiro atoms. The number of nitrogens with zero attached hydrogens (tertiary/aromatic N) is 1. The lowest BCUT2D eigenvalue weighted by molar-refractivity contribution is 0.323. The number of fused-ring (bicyclic) bond motifs is 1. The van der Waals surface area contributed by atoms with Crippen LogP contribution < -0.4 is 19.8 Å². The fraction of sp³-hybridized carbons (Fsp3) is 0.519. The van der Waals surface area contributed by atoms with Gasteiger partial charge in [0.15, 0.2) is 5.75 Å². The molecule has 0 aliphatic heterocycles. The lowest BCUT2D eigenvalue weighted by Crippen LogP contribution is -2.23. The van der Waals surface area contributed by atoms with E-state index in [0.717, 1.165) is 49.4 Å². The van der Waals surface area contributed by atoms with Gasteiger partial charge in [-0.2, -0.15) is 0 Å². The molecule has 0 radical (unpaired) electrons. The molecule has 2 aromatic rings. The van der Waals surface area contributed by atoms with Gasteiger partial charge >= 0.3 is 0 Å². The van der Waals surface area contributed by atoms with E-state index in [9.17, 15) is 4.79 Å². The van der Waals surface area contributed by atoms with Crippen LogP contribution in [0.3, 0.4) is 0 Å². The van der Waals surface area contributed by atoms with Gasteiger partial charge in [-0.05, 0) is 58.2 Å². The Kier molecular flexibility index (Phi) is 10.4. The van der Waals surface area contributed by atoms with E-state index in [1.54, 1.807) is 11.7 Å². The van der Waals surface area contributed by atoms with Crippen molar-refractivity contribution in [2.75, 3.05) is 20.8 Å². The van der Waals surface area contributed by atoms with Crippen LogP contribution in [0.15, 0.2) is 46.3 Å². The summed E-state index contributed by atoms with van der Waals surface area (Å²) in [6, 6.07) is 5.74. The lowest BCUT2D eigenvalue weighted by Gasteiger charge is -2.18. The Bertz CT molecular complexity index is 997. The highest BCUT2D eigenvalue weighted by Crippen LogP contribution is 2.34. The molecule has 1 heterocycles. The van der Waals surface area contributed by atoms with Crippen molar-refractivity contribution in [3.63, 3.8) is 0 Å². The second-order valence-corrected chi connectivity index (χ2v) is 8.44. The lowest BCUT2D eigenvalue weighted by atomic mass is 10.1. The standard InChI is InChI=1S/C27H39NO4/c1-7-8-9-10-17-28-24-19-22(30-5)14-15-23(24)25(26(31-6)27(28)29)32-18-16-21(4)13-11-12-20(2)3/h12,14-16,19H,7-11,13,17-18H2,1-6H3/b21-16+. The first-order valence-electron chi connectivity index (χ1n) is 11.6. The first-order valence-corrected chi connectivity index (χ1v) is 11.6. The average Bonchev–Trinajstić information content (AvgIpc) is 2.77. The van der Waals surface area contributed by atoms with E-state index in [1.807, 2.05) is 18.2 Å². The van der Waals surface area contributed by atoms with Crippen molar-refractivity contribution >= 4 is 10.9 Å². The number of aryl methyl sites for hydroxylation is 1. The number of pyridine rings is 1. The number of rotatable bonds is 13. The van der Waals surface area contributed by atoms with Gasteiger partial charge in [0.1, 0.15) is 12.4 Å². The first kappa shape index (κ1) is 25.6. The molecule has 176 valence electrons. The van der Waals surface area contributed by atoms with E-state index in [1.165, 1.54) is 18.3 Å². The number of ether oxygens (including phenoxy) is 3. The molecule has 0 atom stereocenters. The number of hydrogen-bond donors (Lipinski definition) is 0. The quantitative estimate of drug-likeness (QED) is 0.257. The fourth-order valence-corrected chi connectivity index (χ4v) is 3.70. The minimum absolute atomic E-state index is 0.163. The maximum absolute atomic E-state index is 13.3. The summed E-state index contributed by atoms with van der Waals surface area (Å²) in [6.45, 7) is 9.54. The highest BCUT2D eigenvalue weighted by Gasteiger charge is 2.19. The van der Waals surface area contributed by atoms with Gasteiger partial charge in [-0.25, -0.2) is 0 Å². The van der Waals surface area contributed by atoms with Gasteiger partial charge in [0.25, 0.3) is 5.56 Å². The molecule has 1 aromatic carbocycles. The van der Waals surface area contributed by atoms with Crippen molar-refractivity contribution in [1.29, 1.82) is 0 Å². The Balaban J connectivity index is 2.38. The third-order valence-corrected chi connectivity index (χ3v) is 5.58. The molecular formula is C27H39NO4. The van der Waals surface area contributed by atoms with Crippen molar-refractivity contribution in [3.05, 3.63) is 51.9 Å². The van der Waals surface area contributed by atoms with Crippen LogP contribution in [0.5, 0.6) is 17.2 Å². The average molecular weight is 442 g/mol. The zero-order valence-electron chi connectivity index (χ0n) is 20.6. The van der Waals surface area contributed by atoms with E-state index in [2.05, 4.69) is 39.8 Å². The van der Waals surface area contributed by atoms with Crippen LogP contribution in [0.4, 0.5) is 0 Å². The Hall–Kier alpha value is -2.69. The number of unbranched alkanes of at least 4 members (excludes halogenated alkanes) is 3. The third-order valence-electron chi connectivity index (χ3n) is 5.58. The summed E-state index contributed by atoms with van der Waals surface area (Å²) in [7, 11) is 3.16. The van der Waals surface area contributed by atoms with Gasteiger partial charge in [-0.1, -0.05) is 43.4 Å². The van der Waals surface area contributed by atoms with Gasteiger partial charge < -0.3 is 18.8 Å². The molecule has 0 amide bonds. The number of allylic oxidation sites excluding steroid dienone is 3. The largest absolute Gasteiger partial charge is 0.497 e. The normalized spacial score (nSPS) is 11.5. The SMILES string of the molecule is CCCCCCn1c(=O)c(OC)c(OC/C=C(\C)CCC=C(C)C)c2ccc(OC)cc21. The van der Waals surface area contributed by atoms with Crippen molar-refractivity contribution in [2.45, 2.75) is 72.8 Å². The Morgan fingerprint density at radius 1 is 1.00 bits per heavy atom. The summed E-state index contributed by atoms with van der Waals surface area (Å²) in [5.41, 5.74) is 3.24. The molecule has 1 aromatic heterocycles. The summed E-state index contributed by atoms with van der Waals surface area (Å²) in [6.07, 6.45) is 10.7. The summed E-state index contributed by atoms with van der Waals surface area (Å²) < 4.78 is 18.9. The molecule has 5 nitrogen and oxygen atoms in total. The van der Waals surface area contributed by atoms with Gasteiger partial charge in [0.2, 0.25) is 5.75 Å². The minimum atomic E-state index is -0.163. The topological polar surface area (TPSA) is 49.7 Å². The van der Waals surface area contributed by atoms with Crippen molar-refractivity contribution < 1.29 is 14.2 Å². The molecule has 0 aliphatic carbocycles. The van der Waals surface area contributed by atoms with Crippen LogP contribution in [-0.2, 0) is 6.54 Å². The van der Waals surface area contributed by atoms with E-state index >= 15 is 0 Å². The Morgan fingerprint density at radius 3 is 2.44 bits per heavy atom. The van der Waals surface area contributed by atoms with Gasteiger partial charge in [0.05, 0.1) is 19.7 Å². The molecule has 0 unspecified atom stereocenters. The van der Waals surface area contributed by atoms with Crippen LogP contribution in [-0.4, -0.2) is 25.4 Å². The highest BCUT2D eigenvalue weighted by atomic mass is 16.5. The molecule has 5 heteroatoms. The highest BCUT2D eigenvalue weighted by molar-refractivity contribution is 5.89. The van der Waals surface area contributed by atoms with E-state index in [4.69, 9.17) is 14.2 Å². The molecule has 0 saturated carbocycles. The molecule has 0 fully saturated rings. The predicted molar refractivity (Wildman–Crippen MR) is 133 cm³/mol. The minimum Gasteiger partial charge on any atom is -0.497 e. The molecule has 0 aliphatic rings. The number of benzene rings is 1. The monoisotopic (exact) mass is 441 g/mol. The summed E-state index contributed by atoms with van der Waals surface area (Å²) in [4.78, 5) is 13.3. The molecule has 32 heavy (non-hydrogen) atoms.